The molecule has 0 amide bonds. The molecule has 17 heavy (non-hydrogen) atoms. The van der Waals surface area contributed by atoms with Gasteiger partial charge in [0.1, 0.15) is 0 Å². The molecule has 5 heteroatoms. The average molecular weight is 252 g/mol. The number of thioether (sulfide) groups is 1. The van der Waals surface area contributed by atoms with Gasteiger partial charge in [-0.25, -0.2) is 9.97 Å². The number of nitrogens with two attached hydrogens (primary N) is 1. The summed E-state index contributed by atoms with van der Waals surface area (Å²) in [4.78, 5) is 11.3. The first-order valence-electron chi connectivity index (χ1n) is 6.14. The Kier molecular flexibility index (Phi) is 4.23. The van der Waals surface area contributed by atoms with Gasteiger partial charge in [-0.1, -0.05) is 6.92 Å². The fourth-order valence-electron chi connectivity index (χ4n) is 2.01. The highest BCUT2D eigenvalue weighted by Gasteiger charge is 2.21. The van der Waals surface area contributed by atoms with E-state index in [0.29, 0.717) is 11.8 Å². The first kappa shape index (κ1) is 12.6. The third kappa shape index (κ3) is 3.10. The van der Waals surface area contributed by atoms with Crippen LogP contribution in [0.15, 0.2) is 6.07 Å². The standard InChI is InChI=1S/C12H20N4S/c1-3-11-8-16(4-5-17-11)12-14-9(2)6-10(7-13)15-12/h6,11H,3-5,7-8,13H2,1-2H3. The van der Waals surface area contributed by atoms with Crippen molar-refractivity contribution in [2.45, 2.75) is 32.1 Å². The Balaban J connectivity index is 2.18. The van der Waals surface area contributed by atoms with Crippen molar-refractivity contribution in [3.8, 4) is 0 Å². The van der Waals surface area contributed by atoms with Crippen LogP contribution in [-0.2, 0) is 6.54 Å². The normalized spacial score (nSPS) is 20.6. The summed E-state index contributed by atoms with van der Waals surface area (Å²) in [5, 5.41) is 0.703. The van der Waals surface area contributed by atoms with Crippen LogP contribution in [0.5, 0.6) is 0 Å². The van der Waals surface area contributed by atoms with Crippen molar-refractivity contribution < 1.29 is 0 Å². The second-order valence-corrected chi connectivity index (χ2v) is 5.76. The second-order valence-electron chi connectivity index (χ2n) is 4.35. The lowest BCUT2D eigenvalue weighted by Crippen LogP contribution is -2.38. The number of nitrogens with zero attached hydrogens (tertiary/aromatic N) is 3. The molecule has 1 aliphatic rings. The van der Waals surface area contributed by atoms with Crippen molar-refractivity contribution in [1.29, 1.82) is 0 Å². The molecule has 2 rings (SSSR count). The van der Waals surface area contributed by atoms with Crippen molar-refractivity contribution in [3.63, 3.8) is 0 Å². The van der Waals surface area contributed by atoms with E-state index < -0.39 is 0 Å². The van der Waals surface area contributed by atoms with E-state index in [1.807, 2.05) is 13.0 Å². The van der Waals surface area contributed by atoms with E-state index in [4.69, 9.17) is 5.73 Å². The van der Waals surface area contributed by atoms with Crippen LogP contribution in [-0.4, -0.2) is 34.1 Å². The van der Waals surface area contributed by atoms with Gasteiger partial charge in [-0.3, -0.25) is 0 Å². The predicted molar refractivity (Wildman–Crippen MR) is 73.4 cm³/mol. The van der Waals surface area contributed by atoms with Crippen LogP contribution in [0.1, 0.15) is 24.7 Å². The van der Waals surface area contributed by atoms with E-state index in [2.05, 4.69) is 33.6 Å². The zero-order chi connectivity index (χ0) is 12.3. The minimum Gasteiger partial charge on any atom is -0.339 e. The largest absolute Gasteiger partial charge is 0.339 e. The zero-order valence-corrected chi connectivity index (χ0v) is 11.3. The van der Waals surface area contributed by atoms with Crippen LogP contribution in [0.4, 0.5) is 5.95 Å². The van der Waals surface area contributed by atoms with Crippen molar-refractivity contribution in [2.75, 3.05) is 23.7 Å². The summed E-state index contributed by atoms with van der Waals surface area (Å²) in [5.74, 6) is 2.01. The lowest BCUT2D eigenvalue weighted by atomic mass is 10.3. The lowest BCUT2D eigenvalue weighted by molar-refractivity contribution is 0.704. The van der Waals surface area contributed by atoms with Crippen molar-refractivity contribution in [1.82, 2.24) is 9.97 Å². The van der Waals surface area contributed by atoms with Gasteiger partial charge in [0.15, 0.2) is 0 Å². The Hall–Kier alpha value is -0.810. The highest BCUT2D eigenvalue weighted by molar-refractivity contribution is 8.00. The molecule has 0 saturated carbocycles. The van der Waals surface area contributed by atoms with E-state index in [1.165, 1.54) is 6.42 Å². The molecule has 1 aromatic rings. The quantitative estimate of drug-likeness (QED) is 0.885. The van der Waals surface area contributed by atoms with Crippen LogP contribution in [0.2, 0.25) is 0 Å². The summed E-state index contributed by atoms with van der Waals surface area (Å²) in [6.45, 7) is 6.81. The fraction of sp³-hybridized carbons (Fsp3) is 0.667. The molecule has 1 aliphatic heterocycles. The molecular weight excluding hydrogens is 232 g/mol. The third-order valence-electron chi connectivity index (χ3n) is 2.98. The number of rotatable bonds is 3. The molecule has 1 fully saturated rings. The summed E-state index contributed by atoms with van der Waals surface area (Å²) in [5.41, 5.74) is 7.59. The van der Waals surface area contributed by atoms with Gasteiger partial charge >= 0.3 is 0 Å². The number of anilines is 1. The molecule has 1 atom stereocenters. The first-order valence-corrected chi connectivity index (χ1v) is 7.19. The molecule has 0 aromatic carbocycles. The Bertz CT molecular complexity index is 383. The second kappa shape index (κ2) is 5.69. The molecule has 0 aliphatic carbocycles. The molecule has 0 radical (unpaired) electrons. The first-order chi connectivity index (χ1) is 8.22. The topological polar surface area (TPSA) is 55.0 Å². The van der Waals surface area contributed by atoms with Crippen LogP contribution < -0.4 is 10.6 Å². The van der Waals surface area contributed by atoms with Gasteiger partial charge in [0.05, 0.1) is 5.69 Å². The number of hydrogen-bond acceptors (Lipinski definition) is 5. The van der Waals surface area contributed by atoms with Gasteiger partial charge in [-0.2, -0.15) is 11.8 Å². The van der Waals surface area contributed by atoms with Gasteiger partial charge in [0.2, 0.25) is 5.95 Å². The predicted octanol–water partition coefficient (Wildman–Crippen LogP) is 1.58. The SMILES string of the molecule is CCC1CN(c2nc(C)cc(CN)n2)CCS1. The van der Waals surface area contributed by atoms with Gasteiger partial charge in [0.25, 0.3) is 0 Å². The van der Waals surface area contributed by atoms with Crippen molar-refractivity contribution in [3.05, 3.63) is 17.5 Å². The van der Waals surface area contributed by atoms with Crippen LogP contribution in [0, 0.1) is 6.92 Å². The number of hydrogen-bond donors (Lipinski definition) is 1. The molecule has 4 nitrogen and oxygen atoms in total. The maximum absolute atomic E-state index is 5.66. The van der Waals surface area contributed by atoms with Crippen molar-refractivity contribution >= 4 is 17.7 Å². The molecule has 1 saturated heterocycles. The zero-order valence-electron chi connectivity index (χ0n) is 10.5. The third-order valence-corrected chi connectivity index (χ3v) is 4.35. The molecule has 1 unspecified atom stereocenters. The Morgan fingerprint density at radius 1 is 1.53 bits per heavy atom. The summed E-state index contributed by atoms with van der Waals surface area (Å²) in [6.07, 6.45) is 1.21. The summed E-state index contributed by atoms with van der Waals surface area (Å²) in [7, 11) is 0. The average Bonchev–Trinajstić information content (AvgIpc) is 2.38. The Morgan fingerprint density at radius 2 is 2.35 bits per heavy atom. The minimum atomic E-state index is 0.482. The number of aryl methyl sites for hydroxylation is 1. The van der Waals surface area contributed by atoms with E-state index in [9.17, 15) is 0 Å². The molecule has 1 aromatic heterocycles. The van der Waals surface area contributed by atoms with E-state index >= 15 is 0 Å². The monoisotopic (exact) mass is 252 g/mol. The maximum atomic E-state index is 5.66. The van der Waals surface area contributed by atoms with Gasteiger partial charge in [0, 0.05) is 36.3 Å². The van der Waals surface area contributed by atoms with E-state index in [-0.39, 0.29) is 0 Å². The lowest BCUT2D eigenvalue weighted by Gasteiger charge is -2.32. The van der Waals surface area contributed by atoms with Crippen molar-refractivity contribution in [2.24, 2.45) is 5.73 Å². The Labute approximate surface area is 107 Å². The minimum absolute atomic E-state index is 0.482. The van der Waals surface area contributed by atoms with Crippen LogP contribution in [0.25, 0.3) is 0 Å². The van der Waals surface area contributed by atoms with E-state index in [1.54, 1.807) is 0 Å². The van der Waals surface area contributed by atoms with Crippen LogP contribution >= 0.6 is 11.8 Å². The number of aromatic nitrogens is 2. The van der Waals surface area contributed by atoms with Gasteiger partial charge < -0.3 is 10.6 Å². The fourth-order valence-corrected chi connectivity index (χ4v) is 3.19. The van der Waals surface area contributed by atoms with E-state index in [0.717, 1.165) is 36.2 Å². The molecule has 94 valence electrons. The smallest absolute Gasteiger partial charge is 0.225 e. The highest BCUT2D eigenvalue weighted by Crippen LogP contribution is 2.23. The van der Waals surface area contributed by atoms with Gasteiger partial charge in [-0.15, -0.1) is 0 Å². The summed E-state index contributed by atoms with van der Waals surface area (Å²) in [6, 6.07) is 1.96. The van der Waals surface area contributed by atoms with Crippen LogP contribution in [0.3, 0.4) is 0 Å². The molecule has 0 spiro atoms. The summed E-state index contributed by atoms with van der Waals surface area (Å²) < 4.78 is 0. The molecule has 0 bridgehead atoms. The maximum Gasteiger partial charge on any atom is 0.225 e. The molecule has 2 heterocycles. The molecule has 2 N–H and O–H groups in total. The summed E-state index contributed by atoms with van der Waals surface area (Å²) >= 11 is 2.05. The van der Waals surface area contributed by atoms with Gasteiger partial charge in [-0.05, 0) is 19.4 Å². The Morgan fingerprint density at radius 3 is 3.06 bits per heavy atom. The molecular formula is C12H20N4S. The highest BCUT2D eigenvalue weighted by atomic mass is 32.2.